The average Bonchev–Trinajstić information content (AvgIpc) is 2.30. The van der Waals surface area contributed by atoms with E-state index in [1.807, 2.05) is 0 Å². The minimum absolute atomic E-state index is 1.10. The Morgan fingerprint density at radius 3 is 2.79 bits per heavy atom. The Hall–Kier alpha value is -0.670. The van der Waals surface area contributed by atoms with E-state index < -0.39 is 0 Å². The van der Waals surface area contributed by atoms with Gasteiger partial charge in [0.25, 0.3) is 0 Å². The molecule has 0 amide bonds. The average molecular weight is 208 g/mol. The first-order valence-corrected chi connectivity index (χ1v) is 6.22. The van der Waals surface area contributed by atoms with Crippen LogP contribution in [0, 0.1) is 0 Å². The molecule has 2 rings (SSSR count). The van der Waals surface area contributed by atoms with Crippen LogP contribution < -0.4 is 10.2 Å². The molecular formula is C11H16N2S. The standard InChI is InChI=1S/C11H16N2S/c1-14-11-4-2-3-10(9-11)13-7-5-12-6-8-13/h2-4,9,12H,5-8H2,1H3. The van der Waals surface area contributed by atoms with Gasteiger partial charge in [-0.05, 0) is 24.5 Å². The van der Waals surface area contributed by atoms with Crippen molar-refractivity contribution >= 4 is 17.4 Å². The summed E-state index contributed by atoms with van der Waals surface area (Å²) in [6.07, 6.45) is 2.12. The Bertz CT molecular complexity index is 295. The Morgan fingerprint density at radius 2 is 2.07 bits per heavy atom. The Labute approximate surface area is 89.7 Å². The summed E-state index contributed by atoms with van der Waals surface area (Å²) in [4.78, 5) is 3.79. The lowest BCUT2D eigenvalue weighted by atomic mass is 10.2. The van der Waals surface area contributed by atoms with Crippen LogP contribution in [0.15, 0.2) is 29.2 Å². The monoisotopic (exact) mass is 208 g/mol. The molecule has 1 aromatic carbocycles. The number of nitrogens with one attached hydrogen (secondary N) is 1. The van der Waals surface area contributed by atoms with Gasteiger partial charge < -0.3 is 10.2 Å². The molecular weight excluding hydrogens is 192 g/mol. The van der Waals surface area contributed by atoms with Gasteiger partial charge in [0.05, 0.1) is 0 Å². The van der Waals surface area contributed by atoms with Crippen LogP contribution in [0.3, 0.4) is 0 Å². The molecule has 0 radical (unpaired) electrons. The zero-order chi connectivity index (χ0) is 9.80. The van der Waals surface area contributed by atoms with Gasteiger partial charge in [-0.2, -0.15) is 0 Å². The van der Waals surface area contributed by atoms with Crippen molar-refractivity contribution < 1.29 is 0 Å². The molecule has 76 valence electrons. The molecule has 0 aliphatic carbocycles. The summed E-state index contributed by atoms with van der Waals surface area (Å²) in [6, 6.07) is 8.78. The molecule has 2 nitrogen and oxygen atoms in total. The van der Waals surface area contributed by atoms with E-state index in [2.05, 4.69) is 40.7 Å². The normalized spacial score (nSPS) is 17.1. The van der Waals surface area contributed by atoms with E-state index in [0.717, 1.165) is 26.2 Å². The molecule has 1 saturated heterocycles. The van der Waals surface area contributed by atoms with E-state index in [1.165, 1.54) is 10.6 Å². The van der Waals surface area contributed by atoms with Crippen LogP contribution in [0.2, 0.25) is 0 Å². The van der Waals surface area contributed by atoms with Gasteiger partial charge in [-0.15, -0.1) is 11.8 Å². The maximum absolute atomic E-state index is 3.37. The summed E-state index contributed by atoms with van der Waals surface area (Å²) >= 11 is 1.80. The minimum atomic E-state index is 1.10. The van der Waals surface area contributed by atoms with Crippen LogP contribution >= 0.6 is 11.8 Å². The van der Waals surface area contributed by atoms with Crippen molar-refractivity contribution in [3.63, 3.8) is 0 Å². The van der Waals surface area contributed by atoms with E-state index in [0.29, 0.717) is 0 Å². The molecule has 0 unspecified atom stereocenters. The highest BCUT2D eigenvalue weighted by Crippen LogP contribution is 2.22. The zero-order valence-electron chi connectivity index (χ0n) is 8.49. The fourth-order valence-electron chi connectivity index (χ4n) is 1.73. The van der Waals surface area contributed by atoms with E-state index in [-0.39, 0.29) is 0 Å². The number of anilines is 1. The Balaban J connectivity index is 2.13. The van der Waals surface area contributed by atoms with Crippen molar-refractivity contribution in [3.05, 3.63) is 24.3 Å². The number of nitrogens with zero attached hydrogens (tertiary/aromatic N) is 1. The van der Waals surface area contributed by atoms with Gasteiger partial charge in [0.15, 0.2) is 0 Å². The lowest BCUT2D eigenvalue weighted by Crippen LogP contribution is -2.43. The van der Waals surface area contributed by atoms with Crippen LogP contribution in [0.4, 0.5) is 5.69 Å². The van der Waals surface area contributed by atoms with Crippen LogP contribution in [0.1, 0.15) is 0 Å². The van der Waals surface area contributed by atoms with Crippen molar-refractivity contribution in [2.45, 2.75) is 4.90 Å². The van der Waals surface area contributed by atoms with Crippen LogP contribution in [-0.2, 0) is 0 Å². The van der Waals surface area contributed by atoms with Crippen molar-refractivity contribution in [1.29, 1.82) is 0 Å². The molecule has 0 spiro atoms. The highest BCUT2D eigenvalue weighted by molar-refractivity contribution is 7.98. The highest BCUT2D eigenvalue weighted by atomic mass is 32.2. The SMILES string of the molecule is CSc1cccc(N2CCNCC2)c1. The van der Waals surface area contributed by atoms with E-state index >= 15 is 0 Å². The smallest absolute Gasteiger partial charge is 0.0378 e. The first-order chi connectivity index (χ1) is 6.90. The first-order valence-electron chi connectivity index (χ1n) is 5.00. The molecule has 1 aromatic rings. The second-order valence-electron chi connectivity index (χ2n) is 3.44. The third kappa shape index (κ3) is 2.22. The fraction of sp³-hybridized carbons (Fsp3) is 0.455. The van der Waals surface area contributed by atoms with Crippen LogP contribution in [0.25, 0.3) is 0 Å². The zero-order valence-corrected chi connectivity index (χ0v) is 9.31. The predicted octanol–water partition coefficient (Wildman–Crippen LogP) is 1.82. The molecule has 0 bridgehead atoms. The summed E-state index contributed by atoms with van der Waals surface area (Å²) in [5, 5.41) is 3.37. The summed E-state index contributed by atoms with van der Waals surface area (Å²) in [6.45, 7) is 4.45. The molecule has 3 heteroatoms. The second kappa shape index (κ2) is 4.71. The van der Waals surface area contributed by atoms with Crippen molar-refractivity contribution in [3.8, 4) is 0 Å². The van der Waals surface area contributed by atoms with Gasteiger partial charge >= 0.3 is 0 Å². The number of benzene rings is 1. The Kier molecular flexibility index (Phi) is 3.32. The third-order valence-electron chi connectivity index (χ3n) is 2.54. The summed E-state index contributed by atoms with van der Waals surface area (Å²) < 4.78 is 0. The number of hydrogen-bond donors (Lipinski definition) is 1. The highest BCUT2D eigenvalue weighted by Gasteiger charge is 2.09. The van der Waals surface area contributed by atoms with Crippen molar-refractivity contribution in [2.75, 3.05) is 37.3 Å². The van der Waals surface area contributed by atoms with Gasteiger partial charge in [-0.3, -0.25) is 0 Å². The first kappa shape index (κ1) is 9.87. The molecule has 14 heavy (non-hydrogen) atoms. The third-order valence-corrected chi connectivity index (χ3v) is 3.26. The van der Waals surface area contributed by atoms with E-state index in [4.69, 9.17) is 0 Å². The summed E-state index contributed by atoms with van der Waals surface area (Å²) in [5.74, 6) is 0. The lowest BCUT2D eigenvalue weighted by molar-refractivity contribution is 0.589. The van der Waals surface area contributed by atoms with E-state index in [9.17, 15) is 0 Å². The predicted molar refractivity (Wildman–Crippen MR) is 63.3 cm³/mol. The molecule has 1 N–H and O–H groups in total. The molecule has 0 aromatic heterocycles. The van der Waals surface area contributed by atoms with Gasteiger partial charge in [0, 0.05) is 36.8 Å². The molecule has 0 atom stereocenters. The molecule has 0 saturated carbocycles. The Morgan fingerprint density at radius 1 is 1.29 bits per heavy atom. The van der Waals surface area contributed by atoms with Gasteiger partial charge in [0.2, 0.25) is 0 Å². The topological polar surface area (TPSA) is 15.3 Å². The molecule has 1 aliphatic rings. The number of rotatable bonds is 2. The maximum Gasteiger partial charge on any atom is 0.0378 e. The molecule has 1 fully saturated rings. The number of piperazine rings is 1. The van der Waals surface area contributed by atoms with Crippen molar-refractivity contribution in [1.82, 2.24) is 5.32 Å². The molecule has 1 aliphatic heterocycles. The fourth-order valence-corrected chi connectivity index (χ4v) is 2.18. The summed E-state index contributed by atoms with van der Waals surface area (Å²) in [7, 11) is 0. The van der Waals surface area contributed by atoms with Crippen molar-refractivity contribution in [2.24, 2.45) is 0 Å². The lowest BCUT2D eigenvalue weighted by Gasteiger charge is -2.29. The number of thioether (sulfide) groups is 1. The molecule has 1 heterocycles. The second-order valence-corrected chi connectivity index (χ2v) is 4.32. The van der Waals surface area contributed by atoms with Gasteiger partial charge in [-0.25, -0.2) is 0 Å². The largest absolute Gasteiger partial charge is 0.369 e. The van der Waals surface area contributed by atoms with E-state index in [1.54, 1.807) is 11.8 Å². The minimum Gasteiger partial charge on any atom is -0.369 e. The van der Waals surface area contributed by atoms with Crippen LogP contribution in [-0.4, -0.2) is 32.4 Å². The number of hydrogen-bond acceptors (Lipinski definition) is 3. The quantitative estimate of drug-likeness (QED) is 0.746. The summed E-state index contributed by atoms with van der Waals surface area (Å²) in [5.41, 5.74) is 1.36. The van der Waals surface area contributed by atoms with Gasteiger partial charge in [-0.1, -0.05) is 6.07 Å². The maximum atomic E-state index is 3.37. The van der Waals surface area contributed by atoms with Gasteiger partial charge in [0.1, 0.15) is 0 Å². The van der Waals surface area contributed by atoms with Crippen LogP contribution in [0.5, 0.6) is 0 Å².